The first-order chi connectivity index (χ1) is 8.90. The van der Waals surface area contributed by atoms with Gasteiger partial charge in [-0.1, -0.05) is 0 Å². The van der Waals surface area contributed by atoms with Gasteiger partial charge in [-0.05, 0) is 36.4 Å². The molecule has 0 aliphatic heterocycles. The van der Waals surface area contributed by atoms with Crippen LogP contribution in [-0.2, 0) is 0 Å². The average Bonchev–Trinajstić information content (AvgIpc) is 3.02. The minimum absolute atomic E-state index is 1.07. The summed E-state index contributed by atoms with van der Waals surface area (Å²) in [4.78, 5) is 11.3. The third-order valence-electron chi connectivity index (χ3n) is 2.82. The Labute approximate surface area is 112 Å². The fraction of sp³-hybridized carbons (Fsp3) is 0. The molecule has 0 atom stereocenters. The Bertz CT molecular complexity index is 707. The van der Waals surface area contributed by atoms with Gasteiger partial charge in [-0.2, -0.15) is 0 Å². The Balaban J connectivity index is 1.95. The summed E-state index contributed by atoms with van der Waals surface area (Å²) in [5.41, 5.74) is 2.14. The number of rotatable bonds is 1. The molecule has 86 valence electrons. The van der Waals surface area contributed by atoms with Crippen LogP contribution >= 0.6 is 22.7 Å². The van der Waals surface area contributed by atoms with Crippen molar-refractivity contribution in [2.45, 2.75) is 0 Å². The Hall–Kier alpha value is -1.78. The molecule has 0 bridgehead atoms. The highest BCUT2D eigenvalue weighted by Gasteiger charge is 2.08. The number of pyridine rings is 2. The second-order valence-electron chi connectivity index (χ2n) is 3.99. The highest BCUT2D eigenvalue weighted by atomic mass is 32.1. The molecule has 0 aliphatic carbocycles. The number of aromatic nitrogens is 2. The fourth-order valence-electron chi connectivity index (χ4n) is 1.98. The molecule has 4 aromatic heterocycles. The van der Waals surface area contributed by atoms with E-state index in [-0.39, 0.29) is 0 Å². The van der Waals surface area contributed by atoms with Crippen LogP contribution in [0.25, 0.3) is 30.2 Å². The Morgan fingerprint density at radius 2 is 1.22 bits per heavy atom. The van der Waals surface area contributed by atoms with Crippen molar-refractivity contribution in [2.75, 3.05) is 0 Å². The van der Waals surface area contributed by atoms with Crippen molar-refractivity contribution < 1.29 is 0 Å². The quantitative estimate of drug-likeness (QED) is 0.505. The lowest BCUT2D eigenvalue weighted by Crippen LogP contribution is -1.67. The molecule has 4 rings (SSSR count). The van der Waals surface area contributed by atoms with E-state index in [0.29, 0.717) is 0 Å². The van der Waals surface area contributed by atoms with Gasteiger partial charge in [0.15, 0.2) is 0 Å². The second kappa shape index (κ2) is 3.86. The van der Waals surface area contributed by atoms with E-state index in [2.05, 4.69) is 34.2 Å². The van der Waals surface area contributed by atoms with Crippen LogP contribution in [0, 0.1) is 0 Å². The van der Waals surface area contributed by atoms with E-state index >= 15 is 0 Å². The Kier molecular flexibility index (Phi) is 2.18. The second-order valence-corrected chi connectivity index (χ2v) is 6.16. The lowest BCUT2D eigenvalue weighted by Gasteiger charge is -1.85. The molecule has 4 heterocycles. The van der Waals surface area contributed by atoms with Gasteiger partial charge in [0.25, 0.3) is 0 Å². The lowest BCUT2D eigenvalue weighted by molar-refractivity contribution is 1.43. The van der Waals surface area contributed by atoms with Gasteiger partial charge in [0.05, 0.1) is 20.4 Å². The normalized spacial score (nSPS) is 11.3. The zero-order valence-corrected chi connectivity index (χ0v) is 11.0. The number of hydrogen-bond donors (Lipinski definition) is 0. The molecular weight excluding hydrogens is 260 g/mol. The predicted molar refractivity (Wildman–Crippen MR) is 78.2 cm³/mol. The van der Waals surface area contributed by atoms with Crippen LogP contribution in [0.4, 0.5) is 0 Å². The van der Waals surface area contributed by atoms with Gasteiger partial charge < -0.3 is 0 Å². The summed E-state index contributed by atoms with van der Waals surface area (Å²) in [6.07, 6.45) is 3.68. The number of thiophene rings is 2. The van der Waals surface area contributed by atoms with Crippen molar-refractivity contribution >= 4 is 43.1 Å². The summed E-state index contributed by atoms with van der Waals surface area (Å²) in [6.45, 7) is 0. The third kappa shape index (κ3) is 1.54. The monoisotopic (exact) mass is 268 g/mol. The molecule has 4 aromatic rings. The van der Waals surface area contributed by atoms with Crippen LogP contribution in [0.2, 0.25) is 0 Å². The molecule has 0 amide bonds. The van der Waals surface area contributed by atoms with Gasteiger partial charge in [-0.3, -0.25) is 9.97 Å². The van der Waals surface area contributed by atoms with Crippen LogP contribution in [0.3, 0.4) is 0 Å². The number of hydrogen-bond acceptors (Lipinski definition) is 4. The van der Waals surface area contributed by atoms with E-state index in [4.69, 9.17) is 0 Å². The van der Waals surface area contributed by atoms with E-state index in [1.807, 2.05) is 24.5 Å². The summed E-state index contributed by atoms with van der Waals surface area (Å²) < 4.78 is 2.47. The van der Waals surface area contributed by atoms with Gasteiger partial charge in [-0.15, -0.1) is 22.7 Å². The molecule has 0 spiro atoms. The van der Waals surface area contributed by atoms with Crippen molar-refractivity contribution in [1.29, 1.82) is 0 Å². The summed E-state index contributed by atoms with van der Waals surface area (Å²) in [7, 11) is 0. The highest BCUT2D eigenvalue weighted by molar-refractivity contribution is 7.28. The smallest absolute Gasteiger partial charge is 0.0816 e. The van der Waals surface area contributed by atoms with Crippen LogP contribution < -0.4 is 0 Å². The molecule has 0 aromatic carbocycles. The van der Waals surface area contributed by atoms with Crippen molar-refractivity contribution in [2.24, 2.45) is 0 Å². The van der Waals surface area contributed by atoms with E-state index in [9.17, 15) is 0 Å². The lowest BCUT2D eigenvalue weighted by atomic mass is 10.3. The van der Waals surface area contributed by atoms with Crippen LogP contribution in [0.5, 0.6) is 0 Å². The van der Waals surface area contributed by atoms with Crippen molar-refractivity contribution in [3.63, 3.8) is 0 Å². The Morgan fingerprint density at radius 3 is 1.67 bits per heavy atom. The molecule has 0 fully saturated rings. The van der Waals surface area contributed by atoms with E-state index in [1.54, 1.807) is 22.7 Å². The Morgan fingerprint density at radius 1 is 0.722 bits per heavy atom. The van der Waals surface area contributed by atoms with Crippen molar-refractivity contribution in [3.8, 4) is 9.75 Å². The fourth-order valence-corrected chi connectivity index (χ4v) is 4.09. The number of nitrogens with zero attached hydrogens (tertiary/aromatic N) is 2. The van der Waals surface area contributed by atoms with E-state index in [1.165, 1.54) is 19.2 Å². The standard InChI is InChI=1S/C14H8N2S2/c1-3-11-9(15-5-1)7-13(17-11)14-8-10-12(18-14)4-2-6-16-10/h1-8H. The average molecular weight is 268 g/mol. The molecule has 0 saturated heterocycles. The van der Waals surface area contributed by atoms with Crippen molar-refractivity contribution in [3.05, 3.63) is 48.8 Å². The van der Waals surface area contributed by atoms with E-state index in [0.717, 1.165) is 11.0 Å². The minimum atomic E-state index is 1.07. The zero-order chi connectivity index (χ0) is 11.9. The first-order valence-corrected chi connectivity index (χ1v) is 7.23. The largest absolute Gasteiger partial charge is 0.255 e. The molecule has 0 saturated carbocycles. The molecule has 0 aliphatic rings. The molecule has 0 N–H and O–H groups in total. The summed E-state index contributed by atoms with van der Waals surface area (Å²) in [5.74, 6) is 0. The van der Waals surface area contributed by atoms with Gasteiger partial charge in [0.2, 0.25) is 0 Å². The van der Waals surface area contributed by atoms with Crippen LogP contribution in [0.1, 0.15) is 0 Å². The SMILES string of the molecule is c1cnc2cc(-c3cc4ncccc4s3)sc2c1. The van der Waals surface area contributed by atoms with Gasteiger partial charge in [-0.25, -0.2) is 0 Å². The van der Waals surface area contributed by atoms with Gasteiger partial charge >= 0.3 is 0 Å². The van der Waals surface area contributed by atoms with Crippen molar-refractivity contribution in [1.82, 2.24) is 9.97 Å². The van der Waals surface area contributed by atoms with Gasteiger partial charge in [0, 0.05) is 22.1 Å². The maximum atomic E-state index is 4.38. The number of fused-ring (bicyclic) bond motifs is 2. The van der Waals surface area contributed by atoms with E-state index < -0.39 is 0 Å². The predicted octanol–water partition coefficient (Wildman–Crippen LogP) is 4.57. The maximum Gasteiger partial charge on any atom is 0.0816 e. The topological polar surface area (TPSA) is 25.8 Å². The molecular formula is C14H8N2S2. The molecule has 18 heavy (non-hydrogen) atoms. The first kappa shape index (κ1) is 10.2. The zero-order valence-electron chi connectivity index (χ0n) is 9.33. The van der Waals surface area contributed by atoms with Gasteiger partial charge in [0.1, 0.15) is 0 Å². The molecule has 0 unspecified atom stereocenters. The summed E-state index contributed by atoms with van der Waals surface area (Å²) in [6, 6.07) is 12.5. The highest BCUT2D eigenvalue weighted by Crippen LogP contribution is 2.38. The minimum Gasteiger partial charge on any atom is -0.255 e. The maximum absolute atomic E-state index is 4.38. The molecule has 4 heteroatoms. The molecule has 2 nitrogen and oxygen atoms in total. The summed E-state index contributed by atoms with van der Waals surface area (Å²) in [5, 5.41) is 0. The third-order valence-corrected chi connectivity index (χ3v) is 5.19. The molecule has 0 radical (unpaired) electrons. The first-order valence-electron chi connectivity index (χ1n) is 5.60. The summed E-state index contributed by atoms with van der Waals surface area (Å²) >= 11 is 3.57. The van der Waals surface area contributed by atoms with Crippen LogP contribution in [0.15, 0.2) is 48.8 Å². The van der Waals surface area contributed by atoms with Crippen LogP contribution in [-0.4, -0.2) is 9.97 Å².